The van der Waals surface area contributed by atoms with Gasteiger partial charge in [0, 0.05) is 26.2 Å². The summed E-state index contributed by atoms with van der Waals surface area (Å²) in [6, 6.07) is 5.38. The average Bonchev–Trinajstić information content (AvgIpc) is 3.03. The van der Waals surface area contributed by atoms with Gasteiger partial charge >= 0.3 is 0 Å². The second-order valence-corrected chi connectivity index (χ2v) is 6.28. The number of nitrogens with two attached hydrogens (primary N) is 1. The summed E-state index contributed by atoms with van der Waals surface area (Å²) in [7, 11) is 0. The van der Waals surface area contributed by atoms with Gasteiger partial charge in [-0.1, -0.05) is 17.3 Å². The zero-order valence-electron chi connectivity index (χ0n) is 14.4. The first kappa shape index (κ1) is 17.5. The van der Waals surface area contributed by atoms with E-state index in [4.69, 9.17) is 10.3 Å². The molecule has 2 atom stereocenters. The Hall–Kier alpha value is -2.32. The minimum Gasteiger partial charge on any atom is -0.368 e. The Balaban J connectivity index is 1.67. The van der Waals surface area contributed by atoms with Crippen LogP contribution < -0.4 is 5.73 Å². The van der Waals surface area contributed by atoms with Gasteiger partial charge in [0.1, 0.15) is 11.9 Å². The van der Waals surface area contributed by atoms with Gasteiger partial charge in [0.2, 0.25) is 11.8 Å². The fourth-order valence-corrected chi connectivity index (χ4v) is 3.22. The first-order chi connectivity index (χ1) is 12.0. The van der Waals surface area contributed by atoms with Crippen molar-refractivity contribution in [1.82, 2.24) is 19.9 Å². The minimum absolute atomic E-state index is 0.0150. The summed E-state index contributed by atoms with van der Waals surface area (Å²) >= 11 is 0. The standard InChI is InChI=1S/C17H22FN5O2/c1-11(17-20-12(2)21-25-17)22-7-9-23(10-8-22)15(16(19)24)13-3-5-14(18)6-4-13/h3-6,11,15H,7-10H2,1-2H3,(H2,19,24). The highest BCUT2D eigenvalue weighted by Crippen LogP contribution is 2.25. The number of primary amides is 1. The number of hydrogen-bond donors (Lipinski definition) is 1. The number of benzene rings is 1. The van der Waals surface area contributed by atoms with Crippen molar-refractivity contribution in [2.75, 3.05) is 26.2 Å². The van der Waals surface area contributed by atoms with Crippen LogP contribution in [0.5, 0.6) is 0 Å². The van der Waals surface area contributed by atoms with Crippen LogP contribution in [0.4, 0.5) is 4.39 Å². The molecule has 25 heavy (non-hydrogen) atoms. The number of rotatable bonds is 5. The van der Waals surface area contributed by atoms with Gasteiger partial charge in [-0.05, 0) is 31.5 Å². The summed E-state index contributed by atoms with van der Waals surface area (Å²) in [5.74, 6) is 0.447. The fourth-order valence-electron chi connectivity index (χ4n) is 3.22. The molecule has 8 heteroatoms. The Morgan fingerprint density at radius 3 is 2.32 bits per heavy atom. The average molecular weight is 347 g/mol. The summed E-state index contributed by atoms with van der Waals surface area (Å²) in [6.07, 6.45) is 0. The third-order valence-electron chi connectivity index (χ3n) is 4.62. The molecule has 2 unspecified atom stereocenters. The van der Waals surface area contributed by atoms with Crippen molar-refractivity contribution in [3.05, 3.63) is 47.4 Å². The quantitative estimate of drug-likeness (QED) is 0.880. The molecule has 0 spiro atoms. The molecule has 1 aromatic heterocycles. The molecule has 134 valence electrons. The minimum atomic E-state index is -0.552. The van der Waals surface area contributed by atoms with E-state index in [-0.39, 0.29) is 11.9 Å². The van der Waals surface area contributed by atoms with E-state index in [0.717, 1.165) is 13.1 Å². The summed E-state index contributed by atoms with van der Waals surface area (Å²) in [4.78, 5) is 20.5. The maximum atomic E-state index is 13.1. The number of piperazine rings is 1. The van der Waals surface area contributed by atoms with Crippen molar-refractivity contribution < 1.29 is 13.7 Å². The summed E-state index contributed by atoms with van der Waals surface area (Å²) < 4.78 is 18.4. The summed E-state index contributed by atoms with van der Waals surface area (Å²) in [6.45, 7) is 6.64. The van der Waals surface area contributed by atoms with Gasteiger partial charge in [-0.25, -0.2) is 4.39 Å². The third kappa shape index (κ3) is 3.85. The molecule has 2 N–H and O–H groups in total. The maximum Gasteiger partial charge on any atom is 0.243 e. The zero-order valence-corrected chi connectivity index (χ0v) is 14.4. The van der Waals surface area contributed by atoms with Crippen molar-refractivity contribution in [2.24, 2.45) is 5.73 Å². The lowest BCUT2D eigenvalue weighted by molar-refractivity contribution is -0.124. The highest BCUT2D eigenvalue weighted by molar-refractivity contribution is 5.81. The van der Waals surface area contributed by atoms with Crippen LogP contribution in [0.2, 0.25) is 0 Å². The van der Waals surface area contributed by atoms with E-state index in [9.17, 15) is 9.18 Å². The predicted octanol–water partition coefficient (Wildman–Crippen LogP) is 1.42. The van der Waals surface area contributed by atoms with Gasteiger partial charge in [-0.15, -0.1) is 0 Å². The number of aromatic nitrogens is 2. The highest BCUT2D eigenvalue weighted by Gasteiger charge is 2.31. The normalized spacial score (nSPS) is 18.8. The molecular formula is C17H22FN5O2. The molecule has 0 saturated carbocycles. The zero-order chi connectivity index (χ0) is 18.0. The van der Waals surface area contributed by atoms with Crippen LogP contribution >= 0.6 is 0 Å². The first-order valence-electron chi connectivity index (χ1n) is 8.29. The van der Waals surface area contributed by atoms with Crippen molar-refractivity contribution in [1.29, 1.82) is 0 Å². The number of halogens is 1. The molecule has 0 bridgehead atoms. The van der Waals surface area contributed by atoms with E-state index in [2.05, 4.69) is 15.0 Å². The Morgan fingerprint density at radius 1 is 1.20 bits per heavy atom. The van der Waals surface area contributed by atoms with Crippen molar-refractivity contribution in [2.45, 2.75) is 25.9 Å². The van der Waals surface area contributed by atoms with Crippen LogP contribution in [0.3, 0.4) is 0 Å². The number of carbonyl (C=O) groups excluding carboxylic acids is 1. The number of nitrogens with zero attached hydrogens (tertiary/aromatic N) is 4. The van der Waals surface area contributed by atoms with Crippen LogP contribution in [0, 0.1) is 12.7 Å². The van der Waals surface area contributed by atoms with Crippen LogP contribution in [0.25, 0.3) is 0 Å². The third-order valence-corrected chi connectivity index (χ3v) is 4.62. The second-order valence-electron chi connectivity index (χ2n) is 6.28. The van der Waals surface area contributed by atoms with E-state index in [1.165, 1.54) is 12.1 Å². The molecule has 2 heterocycles. The smallest absolute Gasteiger partial charge is 0.243 e. The molecule has 1 amide bonds. The van der Waals surface area contributed by atoms with Gasteiger partial charge < -0.3 is 10.3 Å². The second kappa shape index (κ2) is 7.28. The Bertz CT molecular complexity index is 725. The van der Waals surface area contributed by atoms with Crippen LogP contribution in [-0.2, 0) is 4.79 Å². The Labute approximate surface area is 145 Å². The van der Waals surface area contributed by atoms with Crippen molar-refractivity contribution in [3.63, 3.8) is 0 Å². The van der Waals surface area contributed by atoms with Crippen LogP contribution in [0.15, 0.2) is 28.8 Å². The number of carbonyl (C=O) groups is 1. The number of hydrogen-bond acceptors (Lipinski definition) is 6. The lowest BCUT2D eigenvalue weighted by Gasteiger charge is -2.39. The van der Waals surface area contributed by atoms with Gasteiger partial charge in [0.15, 0.2) is 5.82 Å². The summed E-state index contributed by atoms with van der Waals surface area (Å²) in [5, 5.41) is 3.83. The monoisotopic (exact) mass is 347 g/mol. The lowest BCUT2D eigenvalue weighted by atomic mass is 10.0. The van der Waals surface area contributed by atoms with Gasteiger partial charge in [0.25, 0.3) is 0 Å². The van der Waals surface area contributed by atoms with E-state index in [1.807, 2.05) is 11.8 Å². The fraction of sp³-hybridized carbons (Fsp3) is 0.471. The van der Waals surface area contributed by atoms with Crippen LogP contribution in [0.1, 0.15) is 36.3 Å². The van der Waals surface area contributed by atoms with Crippen molar-refractivity contribution >= 4 is 5.91 Å². The molecule has 3 rings (SSSR count). The molecule has 1 aromatic carbocycles. The SMILES string of the molecule is Cc1noc(C(C)N2CCN(C(C(N)=O)c3ccc(F)cc3)CC2)n1. The van der Waals surface area contributed by atoms with Gasteiger partial charge in [0.05, 0.1) is 6.04 Å². The van der Waals surface area contributed by atoms with E-state index >= 15 is 0 Å². The topological polar surface area (TPSA) is 88.5 Å². The Morgan fingerprint density at radius 2 is 1.80 bits per heavy atom. The summed E-state index contributed by atoms with van der Waals surface area (Å²) in [5.41, 5.74) is 6.32. The molecule has 1 aliphatic rings. The van der Waals surface area contributed by atoms with Gasteiger partial charge in [-0.2, -0.15) is 4.98 Å². The maximum absolute atomic E-state index is 13.1. The van der Waals surface area contributed by atoms with E-state index in [1.54, 1.807) is 19.1 Å². The lowest BCUT2D eigenvalue weighted by Crippen LogP contribution is -2.50. The molecule has 1 saturated heterocycles. The van der Waals surface area contributed by atoms with Gasteiger partial charge in [-0.3, -0.25) is 14.6 Å². The predicted molar refractivity (Wildman–Crippen MR) is 88.9 cm³/mol. The molecule has 2 aromatic rings. The molecule has 0 radical (unpaired) electrons. The highest BCUT2D eigenvalue weighted by atomic mass is 19.1. The first-order valence-corrected chi connectivity index (χ1v) is 8.29. The Kier molecular flexibility index (Phi) is 5.10. The molecule has 7 nitrogen and oxygen atoms in total. The number of amides is 1. The van der Waals surface area contributed by atoms with Crippen LogP contribution in [-0.4, -0.2) is 52.0 Å². The largest absolute Gasteiger partial charge is 0.368 e. The molecule has 0 aliphatic carbocycles. The van der Waals surface area contributed by atoms with Crippen molar-refractivity contribution in [3.8, 4) is 0 Å². The molecule has 1 fully saturated rings. The van der Waals surface area contributed by atoms with E-state index in [0.29, 0.717) is 30.4 Å². The molecular weight excluding hydrogens is 325 g/mol. The van der Waals surface area contributed by atoms with E-state index < -0.39 is 11.9 Å². The molecule has 1 aliphatic heterocycles. The number of aryl methyl sites for hydroxylation is 1.